The molecule has 0 aliphatic carbocycles. The predicted molar refractivity (Wildman–Crippen MR) is 115 cm³/mol. The third-order valence-electron chi connectivity index (χ3n) is 4.54. The number of anilines is 1. The Morgan fingerprint density at radius 3 is 2.14 bits per heavy atom. The van der Waals surface area contributed by atoms with Crippen LogP contribution in [0.3, 0.4) is 0 Å². The maximum Gasteiger partial charge on any atom is 0.303 e. The molecule has 3 aromatic rings. The number of nitrogens with zero attached hydrogens (tertiary/aromatic N) is 1. The molecule has 0 bridgehead atoms. The number of hydrogen-bond acceptors (Lipinski definition) is 4. The molecule has 148 valence electrons. The van der Waals surface area contributed by atoms with Crippen LogP contribution in [0.5, 0.6) is 0 Å². The van der Waals surface area contributed by atoms with Crippen molar-refractivity contribution in [2.24, 2.45) is 5.16 Å². The van der Waals surface area contributed by atoms with Crippen molar-refractivity contribution < 1.29 is 14.7 Å². The number of nitrogens with one attached hydrogen (secondary N) is 1. The van der Waals surface area contributed by atoms with Crippen molar-refractivity contribution in [1.29, 1.82) is 0 Å². The van der Waals surface area contributed by atoms with Crippen LogP contribution in [-0.2, 0) is 22.6 Å². The van der Waals surface area contributed by atoms with Gasteiger partial charge < -0.3 is 15.3 Å². The highest BCUT2D eigenvalue weighted by molar-refractivity contribution is 6.12. The molecule has 0 unspecified atom stereocenters. The third kappa shape index (κ3) is 5.94. The fraction of sp³-hybridized carbons (Fsp3) is 0.167. The molecule has 0 amide bonds. The number of carboxylic acid groups (broad SMARTS) is 1. The highest BCUT2D eigenvalue weighted by atomic mass is 16.6. The van der Waals surface area contributed by atoms with E-state index in [0.29, 0.717) is 13.0 Å². The van der Waals surface area contributed by atoms with Crippen molar-refractivity contribution in [2.75, 3.05) is 12.4 Å². The predicted octanol–water partition coefficient (Wildman–Crippen LogP) is 4.71. The van der Waals surface area contributed by atoms with Crippen LogP contribution in [0.25, 0.3) is 0 Å². The van der Waals surface area contributed by atoms with Crippen molar-refractivity contribution >= 4 is 17.4 Å². The minimum absolute atomic E-state index is 0.149. The molecule has 0 fully saturated rings. The number of rotatable bonds is 9. The first kappa shape index (κ1) is 20.1. The minimum atomic E-state index is -0.776. The Morgan fingerprint density at radius 1 is 0.897 bits per heavy atom. The second kappa shape index (κ2) is 10.1. The first-order valence-corrected chi connectivity index (χ1v) is 9.46. The second-order valence-electron chi connectivity index (χ2n) is 6.63. The van der Waals surface area contributed by atoms with Crippen molar-refractivity contribution in [1.82, 2.24) is 0 Å². The van der Waals surface area contributed by atoms with Crippen LogP contribution in [0.2, 0.25) is 0 Å². The van der Waals surface area contributed by atoms with Crippen molar-refractivity contribution in [2.45, 2.75) is 19.4 Å². The maximum atomic E-state index is 10.7. The fourth-order valence-corrected chi connectivity index (χ4v) is 2.98. The first-order chi connectivity index (χ1) is 14.2. The number of benzene rings is 3. The van der Waals surface area contributed by atoms with Gasteiger partial charge in [-0.1, -0.05) is 71.9 Å². The van der Waals surface area contributed by atoms with E-state index in [-0.39, 0.29) is 6.42 Å². The number of aryl methyl sites for hydroxylation is 1. The van der Waals surface area contributed by atoms with E-state index in [9.17, 15) is 4.79 Å². The van der Waals surface area contributed by atoms with Gasteiger partial charge in [-0.15, -0.1) is 0 Å². The molecule has 3 rings (SSSR count). The fourth-order valence-electron chi connectivity index (χ4n) is 2.98. The Bertz CT molecular complexity index is 950. The average Bonchev–Trinajstić information content (AvgIpc) is 2.76. The van der Waals surface area contributed by atoms with Crippen molar-refractivity contribution in [3.8, 4) is 0 Å². The summed E-state index contributed by atoms with van der Waals surface area (Å²) in [5, 5.41) is 16.3. The summed E-state index contributed by atoms with van der Waals surface area (Å²) >= 11 is 0. The SMILES string of the molecule is CO/N=C(/c1ccccc1)c1ccc(CNc2ccc(CCC(=O)O)cc2)cc1. The van der Waals surface area contributed by atoms with Crippen LogP contribution in [0.15, 0.2) is 84.0 Å². The minimum Gasteiger partial charge on any atom is -0.481 e. The van der Waals surface area contributed by atoms with Crippen molar-refractivity contribution in [3.05, 3.63) is 101 Å². The Hall–Kier alpha value is -3.60. The van der Waals surface area contributed by atoms with Gasteiger partial charge in [0.1, 0.15) is 12.8 Å². The Balaban J connectivity index is 1.62. The third-order valence-corrected chi connectivity index (χ3v) is 4.54. The van der Waals surface area contributed by atoms with Gasteiger partial charge in [-0.25, -0.2) is 0 Å². The van der Waals surface area contributed by atoms with E-state index in [1.807, 2.05) is 66.7 Å². The molecule has 0 heterocycles. The van der Waals surface area contributed by atoms with E-state index in [4.69, 9.17) is 9.94 Å². The standard InChI is InChI=1S/C24H24N2O3/c1-29-26-24(20-5-3-2-4-6-20)21-12-7-19(8-13-21)17-25-22-14-9-18(10-15-22)11-16-23(27)28/h2-10,12-15,25H,11,16-17H2,1H3,(H,27,28)/b26-24-. The number of aliphatic carboxylic acids is 1. The van der Waals surface area contributed by atoms with E-state index >= 15 is 0 Å². The lowest BCUT2D eigenvalue weighted by atomic mass is 10.0. The molecule has 0 radical (unpaired) electrons. The number of carboxylic acids is 1. The monoisotopic (exact) mass is 388 g/mol. The van der Waals surface area contributed by atoms with Crippen LogP contribution in [0, 0.1) is 0 Å². The number of oxime groups is 1. The molecule has 0 saturated carbocycles. The Kier molecular flexibility index (Phi) is 7.00. The largest absolute Gasteiger partial charge is 0.481 e. The lowest BCUT2D eigenvalue weighted by Crippen LogP contribution is -2.05. The highest BCUT2D eigenvalue weighted by Gasteiger charge is 2.08. The van der Waals surface area contributed by atoms with Gasteiger partial charge in [0.2, 0.25) is 0 Å². The zero-order valence-electron chi connectivity index (χ0n) is 16.3. The topological polar surface area (TPSA) is 70.9 Å². The molecule has 0 aliphatic heterocycles. The molecule has 0 aromatic heterocycles. The number of carbonyl (C=O) groups is 1. The summed E-state index contributed by atoms with van der Waals surface area (Å²) in [6.07, 6.45) is 0.695. The van der Waals surface area contributed by atoms with E-state index < -0.39 is 5.97 Å². The lowest BCUT2D eigenvalue weighted by molar-refractivity contribution is -0.136. The summed E-state index contributed by atoms with van der Waals surface area (Å²) in [5.41, 5.74) is 5.96. The molecule has 0 aliphatic rings. The van der Waals surface area contributed by atoms with E-state index in [0.717, 1.165) is 33.7 Å². The average molecular weight is 388 g/mol. The smallest absolute Gasteiger partial charge is 0.303 e. The van der Waals surface area contributed by atoms with Crippen LogP contribution in [0.4, 0.5) is 5.69 Å². The van der Waals surface area contributed by atoms with E-state index in [1.54, 1.807) is 7.11 Å². The first-order valence-electron chi connectivity index (χ1n) is 9.46. The van der Waals surface area contributed by atoms with Gasteiger partial charge in [0, 0.05) is 29.8 Å². The summed E-state index contributed by atoms with van der Waals surface area (Å²) in [5.74, 6) is -0.776. The summed E-state index contributed by atoms with van der Waals surface area (Å²) < 4.78 is 0. The van der Waals surface area contributed by atoms with Crippen LogP contribution in [0.1, 0.15) is 28.7 Å². The zero-order valence-corrected chi connectivity index (χ0v) is 16.3. The highest BCUT2D eigenvalue weighted by Crippen LogP contribution is 2.15. The quantitative estimate of drug-likeness (QED) is 0.411. The second-order valence-corrected chi connectivity index (χ2v) is 6.63. The molecular weight excluding hydrogens is 364 g/mol. The van der Waals surface area contributed by atoms with Gasteiger partial charge in [-0.2, -0.15) is 0 Å². The summed E-state index contributed by atoms with van der Waals surface area (Å²) in [4.78, 5) is 15.7. The summed E-state index contributed by atoms with van der Waals surface area (Å²) in [7, 11) is 1.55. The van der Waals surface area contributed by atoms with Crippen LogP contribution in [-0.4, -0.2) is 23.9 Å². The van der Waals surface area contributed by atoms with Crippen molar-refractivity contribution in [3.63, 3.8) is 0 Å². The van der Waals surface area contributed by atoms with Crippen LogP contribution >= 0.6 is 0 Å². The van der Waals surface area contributed by atoms with E-state index in [2.05, 4.69) is 22.6 Å². The summed E-state index contributed by atoms with van der Waals surface area (Å²) in [6.45, 7) is 0.691. The van der Waals surface area contributed by atoms with Gasteiger partial charge in [-0.3, -0.25) is 4.79 Å². The lowest BCUT2D eigenvalue weighted by Gasteiger charge is -2.10. The van der Waals surface area contributed by atoms with Gasteiger partial charge in [0.25, 0.3) is 0 Å². The van der Waals surface area contributed by atoms with Crippen LogP contribution < -0.4 is 5.32 Å². The molecule has 0 atom stereocenters. The van der Waals surface area contributed by atoms with Gasteiger partial charge in [-0.05, 0) is 29.7 Å². The molecule has 2 N–H and O–H groups in total. The van der Waals surface area contributed by atoms with Gasteiger partial charge in [0.15, 0.2) is 0 Å². The maximum absolute atomic E-state index is 10.7. The molecule has 0 saturated heterocycles. The molecular formula is C24H24N2O3. The van der Waals surface area contributed by atoms with E-state index in [1.165, 1.54) is 0 Å². The number of hydrogen-bond donors (Lipinski definition) is 2. The van der Waals surface area contributed by atoms with Gasteiger partial charge >= 0.3 is 5.97 Å². The Morgan fingerprint density at radius 2 is 1.52 bits per heavy atom. The summed E-state index contributed by atoms with van der Waals surface area (Å²) in [6, 6.07) is 26.0. The molecule has 29 heavy (non-hydrogen) atoms. The molecule has 5 nitrogen and oxygen atoms in total. The molecule has 5 heteroatoms. The normalized spacial score (nSPS) is 11.1. The van der Waals surface area contributed by atoms with Gasteiger partial charge in [0.05, 0.1) is 0 Å². The zero-order chi connectivity index (χ0) is 20.5. The molecule has 0 spiro atoms. The molecule has 3 aromatic carbocycles. The Labute approximate surface area is 170 Å².